The van der Waals surface area contributed by atoms with E-state index in [4.69, 9.17) is 0 Å². The Morgan fingerprint density at radius 2 is 1.68 bits per heavy atom. The van der Waals surface area contributed by atoms with Gasteiger partial charge in [-0.05, 0) is 12.5 Å². The molecule has 0 radical (unpaired) electrons. The average molecular weight is 291 g/mol. The molecule has 0 bridgehead atoms. The monoisotopic (exact) mass is 291 g/mol. The summed E-state index contributed by atoms with van der Waals surface area (Å²) in [5, 5.41) is 13.3. The first-order valence-corrected chi connectivity index (χ1v) is 7.13. The van der Waals surface area contributed by atoms with Crippen LogP contribution in [0.15, 0.2) is 78.2 Å². The van der Waals surface area contributed by atoms with E-state index in [1.165, 1.54) is 0 Å². The molecule has 1 aromatic heterocycles. The number of benzene rings is 2. The number of rotatable bonds is 4. The maximum Gasteiger partial charge on any atom is 0.114 e. The van der Waals surface area contributed by atoms with E-state index in [1.807, 2.05) is 78.4 Å². The molecule has 0 amide bonds. The Hall–Kier alpha value is -2.88. The summed E-state index contributed by atoms with van der Waals surface area (Å²) in [6.07, 6.45) is 3.66. The first-order valence-electron chi connectivity index (χ1n) is 7.13. The van der Waals surface area contributed by atoms with Crippen LogP contribution in [0.1, 0.15) is 23.0 Å². The van der Waals surface area contributed by atoms with Gasteiger partial charge in [-0.1, -0.05) is 65.8 Å². The lowest BCUT2D eigenvalue weighted by Gasteiger charge is -2.22. The lowest BCUT2D eigenvalue weighted by molar-refractivity contribution is 0.316. The van der Waals surface area contributed by atoms with Crippen molar-refractivity contribution in [2.45, 2.75) is 13.0 Å². The molecule has 0 aliphatic heterocycles. The molecule has 1 N–H and O–H groups in total. The first kappa shape index (κ1) is 14.1. The van der Waals surface area contributed by atoms with Gasteiger partial charge in [0.1, 0.15) is 17.6 Å². The highest BCUT2D eigenvalue weighted by atomic mass is 16.4. The summed E-state index contributed by atoms with van der Waals surface area (Å²) >= 11 is 0. The molecule has 4 heteroatoms. The van der Waals surface area contributed by atoms with Gasteiger partial charge in [0.25, 0.3) is 0 Å². The van der Waals surface area contributed by atoms with Gasteiger partial charge in [-0.25, -0.2) is 4.98 Å². The fourth-order valence-corrected chi connectivity index (χ4v) is 2.63. The van der Waals surface area contributed by atoms with Crippen LogP contribution in [0.3, 0.4) is 0 Å². The standard InChI is InChI=1S/C18H17N3O/c1-14-19-12-13-21(14)18(16-10-6-3-7-11-16)17(20-22)15-8-4-2-5-9-15/h2-13,18,22H,1H3/b20-17+. The number of hydrogen-bond donors (Lipinski definition) is 1. The molecule has 0 saturated heterocycles. The Labute approximate surface area is 129 Å². The van der Waals surface area contributed by atoms with E-state index in [1.54, 1.807) is 6.20 Å². The normalized spacial score (nSPS) is 13.0. The van der Waals surface area contributed by atoms with Crippen LogP contribution < -0.4 is 0 Å². The van der Waals surface area contributed by atoms with Gasteiger partial charge in [-0.15, -0.1) is 0 Å². The second-order valence-corrected chi connectivity index (χ2v) is 5.05. The summed E-state index contributed by atoms with van der Waals surface area (Å²) in [6, 6.07) is 19.5. The van der Waals surface area contributed by atoms with Gasteiger partial charge in [-0.2, -0.15) is 0 Å². The number of oxime groups is 1. The van der Waals surface area contributed by atoms with Crippen molar-refractivity contribution in [2.75, 3.05) is 0 Å². The Morgan fingerprint density at radius 3 is 2.23 bits per heavy atom. The van der Waals surface area contributed by atoms with E-state index >= 15 is 0 Å². The fraction of sp³-hybridized carbons (Fsp3) is 0.111. The van der Waals surface area contributed by atoms with E-state index in [2.05, 4.69) is 10.1 Å². The highest BCUT2D eigenvalue weighted by molar-refractivity contribution is 6.04. The van der Waals surface area contributed by atoms with Crippen LogP contribution in [0.5, 0.6) is 0 Å². The molecule has 0 fully saturated rings. The minimum absolute atomic E-state index is 0.226. The summed E-state index contributed by atoms with van der Waals surface area (Å²) in [6.45, 7) is 1.94. The number of aryl methyl sites for hydroxylation is 1. The van der Waals surface area contributed by atoms with Crippen molar-refractivity contribution >= 4 is 5.71 Å². The lowest BCUT2D eigenvalue weighted by atomic mass is 9.96. The van der Waals surface area contributed by atoms with E-state index in [0.29, 0.717) is 5.71 Å². The van der Waals surface area contributed by atoms with Crippen LogP contribution in [0.4, 0.5) is 0 Å². The molecule has 3 aromatic rings. The minimum Gasteiger partial charge on any atom is -0.411 e. The maximum atomic E-state index is 9.66. The van der Waals surface area contributed by atoms with Crippen molar-refractivity contribution in [1.29, 1.82) is 0 Å². The highest BCUT2D eigenvalue weighted by Gasteiger charge is 2.23. The van der Waals surface area contributed by atoms with Gasteiger partial charge in [0.2, 0.25) is 0 Å². The minimum atomic E-state index is -0.226. The number of nitrogens with zero attached hydrogens (tertiary/aromatic N) is 3. The second kappa shape index (κ2) is 6.26. The van der Waals surface area contributed by atoms with Crippen molar-refractivity contribution < 1.29 is 5.21 Å². The number of aromatic nitrogens is 2. The van der Waals surface area contributed by atoms with E-state index in [0.717, 1.165) is 17.0 Å². The molecular formula is C18H17N3O. The Morgan fingerprint density at radius 1 is 1.05 bits per heavy atom. The third kappa shape index (κ3) is 2.63. The van der Waals surface area contributed by atoms with Crippen molar-refractivity contribution in [3.63, 3.8) is 0 Å². The summed E-state index contributed by atoms with van der Waals surface area (Å²) in [7, 11) is 0. The predicted molar refractivity (Wildman–Crippen MR) is 86.3 cm³/mol. The quantitative estimate of drug-likeness (QED) is 0.453. The largest absolute Gasteiger partial charge is 0.411 e. The molecule has 1 unspecified atom stereocenters. The smallest absolute Gasteiger partial charge is 0.114 e. The van der Waals surface area contributed by atoms with Crippen LogP contribution in [0, 0.1) is 6.92 Å². The lowest BCUT2D eigenvalue weighted by Crippen LogP contribution is -2.22. The van der Waals surface area contributed by atoms with Crippen molar-refractivity contribution in [1.82, 2.24) is 9.55 Å². The predicted octanol–water partition coefficient (Wildman–Crippen LogP) is 3.66. The fourth-order valence-electron chi connectivity index (χ4n) is 2.63. The third-order valence-electron chi connectivity index (χ3n) is 3.69. The Balaban J connectivity index is 2.16. The van der Waals surface area contributed by atoms with Crippen LogP contribution >= 0.6 is 0 Å². The Kier molecular flexibility index (Phi) is 4.01. The van der Waals surface area contributed by atoms with Gasteiger partial charge in [0, 0.05) is 18.0 Å². The molecule has 22 heavy (non-hydrogen) atoms. The molecule has 0 saturated carbocycles. The third-order valence-corrected chi connectivity index (χ3v) is 3.69. The SMILES string of the molecule is Cc1nccn1C(/C(=N/O)c1ccccc1)c1ccccc1. The van der Waals surface area contributed by atoms with Crippen LogP contribution in [0.25, 0.3) is 0 Å². The second-order valence-electron chi connectivity index (χ2n) is 5.05. The number of hydrogen-bond acceptors (Lipinski definition) is 3. The van der Waals surface area contributed by atoms with Gasteiger partial charge in [0.15, 0.2) is 0 Å². The summed E-state index contributed by atoms with van der Waals surface area (Å²) < 4.78 is 2.01. The molecule has 2 aromatic carbocycles. The summed E-state index contributed by atoms with van der Waals surface area (Å²) in [4.78, 5) is 4.30. The van der Waals surface area contributed by atoms with E-state index < -0.39 is 0 Å². The van der Waals surface area contributed by atoms with Gasteiger partial charge >= 0.3 is 0 Å². The molecular weight excluding hydrogens is 274 g/mol. The number of imidazole rings is 1. The zero-order chi connectivity index (χ0) is 15.4. The maximum absolute atomic E-state index is 9.66. The zero-order valence-electron chi connectivity index (χ0n) is 12.3. The average Bonchev–Trinajstić information content (AvgIpc) is 3.00. The molecule has 1 heterocycles. The van der Waals surface area contributed by atoms with Crippen LogP contribution in [-0.2, 0) is 0 Å². The molecule has 110 valence electrons. The van der Waals surface area contributed by atoms with E-state index in [9.17, 15) is 5.21 Å². The summed E-state index contributed by atoms with van der Waals surface area (Å²) in [5.74, 6) is 0.867. The topological polar surface area (TPSA) is 50.4 Å². The van der Waals surface area contributed by atoms with Gasteiger partial charge in [0.05, 0.1) is 0 Å². The van der Waals surface area contributed by atoms with Crippen molar-refractivity contribution in [3.05, 3.63) is 90.0 Å². The Bertz CT molecular complexity index is 763. The van der Waals surface area contributed by atoms with Crippen molar-refractivity contribution in [2.24, 2.45) is 5.16 Å². The molecule has 1 atom stereocenters. The highest BCUT2D eigenvalue weighted by Crippen LogP contribution is 2.25. The summed E-state index contributed by atoms with van der Waals surface area (Å²) in [5.41, 5.74) is 2.51. The molecule has 0 aliphatic carbocycles. The van der Waals surface area contributed by atoms with Gasteiger partial charge < -0.3 is 9.77 Å². The molecule has 4 nitrogen and oxygen atoms in total. The molecule has 0 spiro atoms. The first-order chi connectivity index (χ1) is 10.8. The van der Waals surface area contributed by atoms with Crippen LogP contribution in [-0.4, -0.2) is 20.5 Å². The van der Waals surface area contributed by atoms with Crippen molar-refractivity contribution in [3.8, 4) is 0 Å². The van der Waals surface area contributed by atoms with Gasteiger partial charge in [-0.3, -0.25) is 0 Å². The zero-order valence-corrected chi connectivity index (χ0v) is 12.3. The van der Waals surface area contributed by atoms with Crippen LogP contribution in [0.2, 0.25) is 0 Å². The molecule has 0 aliphatic rings. The molecule has 3 rings (SSSR count). The van der Waals surface area contributed by atoms with E-state index in [-0.39, 0.29) is 6.04 Å².